The number of morpholine rings is 1. The molecule has 10 heteroatoms. The summed E-state index contributed by atoms with van der Waals surface area (Å²) in [5, 5.41) is 9.83. The topological polar surface area (TPSA) is 99.6 Å². The Kier molecular flexibility index (Phi) is 6.89. The number of nitrogens with zero attached hydrogens (tertiary/aromatic N) is 3. The Bertz CT molecular complexity index is 781. The average Bonchev–Trinajstić information content (AvgIpc) is 2.95. The summed E-state index contributed by atoms with van der Waals surface area (Å²) in [5.74, 6) is -0.368. The Morgan fingerprint density at radius 1 is 1.11 bits per heavy atom. The van der Waals surface area contributed by atoms with Gasteiger partial charge in [0.1, 0.15) is 11.8 Å². The number of rotatable bonds is 6. The number of carbonyl (C=O) groups is 1. The average molecular weight is 413 g/mol. The molecule has 0 bridgehead atoms. The lowest BCUT2D eigenvalue weighted by Crippen LogP contribution is -2.49. The van der Waals surface area contributed by atoms with Crippen molar-refractivity contribution in [2.45, 2.75) is 12.5 Å². The summed E-state index contributed by atoms with van der Waals surface area (Å²) in [6.07, 6.45) is 0.567. The van der Waals surface area contributed by atoms with E-state index in [2.05, 4.69) is 0 Å². The van der Waals surface area contributed by atoms with Gasteiger partial charge in [-0.3, -0.25) is 9.69 Å². The van der Waals surface area contributed by atoms with Crippen LogP contribution in [0.5, 0.6) is 5.75 Å². The molecule has 0 spiro atoms. The third-order valence-corrected chi connectivity index (χ3v) is 7.16. The second-order valence-corrected chi connectivity index (χ2v) is 8.75. The molecule has 2 aliphatic heterocycles. The second kappa shape index (κ2) is 9.19. The fourth-order valence-corrected chi connectivity index (χ4v) is 5.27. The highest BCUT2D eigenvalue weighted by atomic mass is 32.2. The lowest BCUT2D eigenvalue weighted by Gasteiger charge is -2.32. The zero-order valence-corrected chi connectivity index (χ0v) is 16.8. The maximum Gasteiger partial charge on any atom is 0.325 e. The van der Waals surface area contributed by atoms with Crippen molar-refractivity contribution in [2.24, 2.45) is 0 Å². The first-order valence-corrected chi connectivity index (χ1v) is 10.8. The van der Waals surface area contributed by atoms with Crippen LogP contribution in [0, 0.1) is 0 Å². The van der Waals surface area contributed by atoms with Crippen molar-refractivity contribution >= 4 is 16.2 Å². The van der Waals surface area contributed by atoms with Crippen LogP contribution in [0.1, 0.15) is 18.0 Å². The van der Waals surface area contributed by atoms with Gasteiger partial charge in [0.15, 0.2) is 0 Å². The first-order valence-electron chi connectivity index (χ1n) is 9.37. The normalized spacial score (nSPS) is 21.8. The Labute approximate surface area is 165 Å². The van der Waals surface area contributed by atoms with Gasteiger partial charge in [-0.05, 0) is 24.1 Å². The largest absolute Gasteiger partial charge is 0.497 e. The van der Waals surface area contributed by atoms with E-state index < -0.39 is 22.2 Å². The van der Waals surface area contributed by atoms with Crippen molar-refractivity contribution in [3.05, 3.63) is 29.8 Å². The molecule has 0 aliphatic carbocycles. The van der Waals surface area contributed by atoms with Crippen molar-refractivity contribution in [1.82, 2.24) is 13.5 Å². The van der Waals surface area contributed by atoms with Gasteiger partial charge >= 0.3 is 5.97 Å². The SMILES string of the molecule is COc1cccc(C(C(=O)O)N2CCCN(S(=O)(=O)N3CCOCC3)CC2)c1. The molecule has 1 N–H and O–H groups in total. The minimum atomic E-state index is -3.56. The van der Waals surface area contributed by atoms with E-state index in [1.807, 2.05) is 4.90 Å². The van der Waals surface area contributed by atoms with E-state index in [4.69, 9.17) is 9.47 Å². The summed E-state index contributed by atoms with van der Waals surface area (Å²) in [6.45, 7) is 2.98. The summed E-state index contributed by atoms with van der Waals surface area (Å²) in [6, 6.07) is 6.15. The van der Waals surface area contributed by atoms with E-state index in [9.17, 15) is 18.3 Å². The predicted octanol–water partition coefficient (Wildman–Crippen LogP) is 0.406. The van der Waals surface area contributed by atoms with Crippen LogP contribution in [0.15, 0.2) is 24.3 Å². The molecule has 3 rings (SSSR count). The van der Waals surface area contributed by atoms with Crippen LogP contribution in [0.3, 0.4) is 0 Å². The molecule has 9 nitrogen and oxygen atoms in total. The number of hydrogen-bond acceptors (Lipinski definition) is 6. The number of carboxylic acid groups (broad SMARTS) is 1. The Balaban J connectivity index is 1.74. The van der Waals surface area contributed by atoms with E-state index in [1.54, 1.807) is 24.3 Å². The molecule has 28 heavy (non-hydrogen) atoms. The quantitative estimate of drug-likeness (QED) is 0.721. The van der Waals surface area contributed by atoms with Crippen LogP contribution >= 0.6 is 0 Å². The predicted molar refractivity (Wildman–Crippen MR) is 102 cm³/mol. The Hall–Kier alpha value is -1.72. The molecular weight excluding hydrogens is 386 g/mol. The summed E-state index contributed by atoms with van der Waals surface area (Å²) >= 11 is 0. The van der Waals surface area contributed by atoms with Crippen molar-refractivity contribution in [2.75, 3.05) is 59.6 Å². The van der Waals surface area contributed by atoms with Crippen molar-refractivity contribution in [3.8, 4) is 5.75 Å². The van der Waals surface area contributed by atoms with E-state index >= 15 is 0 Å². The highest BCUT2D eigenvalue weighted by molar-refractivity contribution is 7.86. The van der Waals surface area contributed by atoms with Gasteiger partial charge in [0, 0.05) is 39.3 Å². The molecule has 0 aromatic heterocycles. The molecule has 1 aromatic carbocycles. The third kappa shape index (κ3) is 4.64. The summed E-state index contributed by atoms with van der Waals surface area (Å²) in [4.78, 5) is 13.8. The molecule has 2 fully saturated rings. The van der Waals surface area contributed by atoms with Gasteiger partial charge in [-0.2, -0.15) is 17.0 Å². The highest BCUT2D eigenvalue weighted by Gasteiger charge is 2.35. The van der Waals surface area contributed by atoms with Gasteiger partial charge in [-0.1, -0.05) is 12.1 Å². The van der Waals surface area contributed by atoms with Gasteiger partial charge in [0.05, 0.1) is 20.3 Å². The Morgan fingerprint density at radius 2 is 1.82 bits per heavy atom. The fraction of sp³-hybridized carbons (Fsp3) is 0.611. The van der Waals surface area contributed by atoms with Crippen molar-refractivity contribution in [3.63, 3.8) is 0 Å². The number of aliphatic carboxylic acids is 1. The third-order valence-electron chi connectivity index (χ3n) is 5.12. The molecular formula is C18H27N3O6S. The number of methoxy groups -OCH3 is 1. The molecule has 1 aromatic rings. The highest BCUT2D eigenvalue weighted by Crippen LogP contribution is 2.26. The molecule has 2 aliphatic rings. The van der Waals surface area contributed by atoms with Crippen molar-refractivity contribution in [1.29, 1.82) is 0 Å². The number of benzene rings is 1. The van der Waals surface area contributed by atoms with E-state index in [0.717, 1.165) is 0 Å². The lowest BCUT2D eigenvalue weighted by atomic mass is 10.0. The zero-order chi connectivity index (χ0) is 20.1. The van der Waals surface area contributed by atoms with Gasteiger partial charge < -0.3 is 14.6 Å². The minimum absolute atomic E-state index is 0.257. The summed E-state index contributed by atoms with van der Waals surface area (Å²) < 4.78 is 39.2. The Morgan fingerprint density at radius 3 is 2.50 bits per heavy atom. The van der Waals surface area contributed by atoms with Gasteiger partial charge in [0.25, 0.3) is 10.2 Å². The van der Waals surface area contributed by atoms with Crippen LogP contribution in [0.2, 0.25) is 0 Å². The van der Waals surface area contributed by atoms with Gasteiger partial charge in [-0.15, -0.1) is 0 Å². The minimum Gasteiger partial charge on any atom is -0.497 e. The fourth-order valence-electron chi connectivity index (χ4n) is 3.66. The number of hydrogen-bond donors (Lipinski definition) is 1. The standard InChI is InChI=1S/C18H27N3O6S/c1-26-16-5-2-4-15(14-16)17(18(22)23)19-6-3-7-20(9-8-19)28(24,25)21-10-12-27-13-11-21/h2,4-5,14,17H,3,6-13H2,1H3,(H,22,23). The molecule has 156 valence electrons. The molecule has 0 saturated carbocycles. The maximum atomic E-state index is 12.9. The van der Waals surface area contributed by atoms with Crippen LogP contribution in [-0.4, -0.2) is 92.6 Å². The molecule has 1 atom stereocenters. The molecule has 0 radical (unpaired) electrons. The number of carboxylic acids is 1. The maximum absolute atomic E-state index is 12.9. The second-order valence-electron chi connectivity index (χ2n) is 6.83. The molecule has 1 unspecified atom stereocenters. The summed E-state index contributed by atoms with van der Waals surface area (Å²) in [7, 11) is -2.02. The number of ether oxygens (including phenoxy) is 2. The summed E-state index contributed by atoms with van der Waals surface area (Å²) in [5.41, 5.74) is 0.622. The van der Waals surface area contributed by atoms with Crippen LogP contribution in [0.25, 0.3) is 0 Å². The molecule has 0 amide bonds. The van der Waals surface area contributed by atoms with E-state index in [0.29, 0.717) is 63.7 Å². The van der Waals surface area contributed by atoms with Crippen LogP contribution in [-0.2, 0) is 19.7 Å². The van der Waals surface area contributed by atoms with E-state index in [-0.39, 0.29) is 6.54 Å². The zero-order valence-electron chi connectivity index (χ0n) is 16.0. The first kappa shape index (κ1) is 21.0. The molecule has 2 heterocycles. The van der Waals surface area contributed by atoms with Gasteiger partial charge in [0.2, 0.25) is 0 Å². The first-order chi connectivity index (χ1) is 13.4. The van der Waals surface area contributed by atoms with E-state index in [1.165, 1.54) is 15.7 Å². The molecule has 2 saturated heterocycles. The monoisotopic (exact) mass is 413 g/mol. The van der Waals surface area contributed by atoms with Crippen LogP contribution < -0.4 is 4.74 Å². The van der Waals surface area contributed by atoms with Crippen LogP contribution in [0.4, 0.5) is 0 Å². The van der Waals surface area contributed by atoms with Gasteiger partial charge in [-0.25, -0.2) is 0 Å². The lowest BCUT2D eigenvalue weighted by molar-refractivity contribution is -0.143. The smallest absolute Gasteiger partial charge is 0.325 e. The van der Waals surface area contributed by atoms with Crippen molar-refractivity contribution < 1.29 is 27.8 Å².